The molecule has 0 aliphatic carbocycles. The Hall–Kier alpha value is -3.49. The van der Waals surface area contributed by atoms with Crippen molar-refractivity contribution in [3.63, 3.8) is 0 Å². The number of carbonyl (C=O) groups excluding carboxylic acids is 2. The molecule has 0 saturated carbocycles. The van der Waals surface area contributed by atoms with E-state index < -0.39 is 16.7 Å². The van der Waals surface area contributed by atoms with Crippen molar-refractivity contribution in [1.82, 2.24) is 10.7 Å². The number of benzene rings is 1. The second kappa shape index (κ2) is 7.50. The Labute approximate surface area is 130 Å². The SMILES string of the molecule is O=C(CNC(=O)c1ccco1)N/N=C/c1ccc([N+](=O)[O-])cc1. The number of carbonyl (C=O) groups is 2. The van der Waals surface area contributed by atoms with Crippen LogP contribution in [0.4, 0.5) is 5.69 Å². The summed E-state index contributed by atoms with van der Waals surface area (Å²) in [6.07, 6.45) is 2.68. The van der Waals surface area contributed by atoms with Crippen molar-refractivity contribution < 1.29 is 18.9 Å². The average molecular weight is 316 g/mol. The molecule has 0 bridgehead atoms. The average Bonchev–Trinajstić information content (AvgIpc) is 3.07. The van der Waals surface area contributed by atoms with Gasteiger partial charge >= 0.3 is 0 Å². The third-order valence-electron chi connectivity index (χ3n) is 2.66. The molecule has 0 saturated heterocycles. The molecule has 2 N–H and O–H groups in total. The quantitative estimate of drug-likeness (QED) is 0.468. The molecule has 2 aromatic rings. The number of amides is 2. The second-order valence-corrected chi connectivity index (χ2v) is 4.30. The van der Waals surface area contributed by atoms with Crippen LogP contribution in [0.3, 0.4) is 0 Å². The first-order valence-electron chi connectivity index (χ1n) is 6.44. The maximum Gasteiger partial charge on any atom is 0.287 e. The maximum atomic E-state index is 11.5. The van der Waals surface area contributed by atoms with E-state index in [0.717, 1.165) is 0 Å². The zero-order valence-electron chi connectivity index (χ0n) is 11.8. The van der Waals surface area contributed by atoms with E-state index in [9.17, 15) is 19.7 Å². The molecular formula is C14H12N4O5. The van der Waals surface area contributed by atoms with Gasteiger partial charge in [0.25, 0.3) is 17.5 Å². The zero-order valence-corrected chi connectivity index (χ0v) is 11.8. The normalized spacial score (nSPS) is 10.4. The number of non-ortho nitro benzene ring substituents is 1. The fraction of sp³-hybridized carbons (Fsp3) is 0.0714. The molecular weight excluding hydrogens is 304 g/mol. The molecule has 2 rings (SSSR count). The van der Waals surface area contributed by atoms with Crippen LogP contribution in [0.1, 0.15) is 16.1 Å². The van der Waals surface area contributed by atoms with Crippen molar-refractivity contribution in [1.29, 1.82) is 0 Å². The fourth-order valence-corrected chi connectivity index (χ4v) is 1.56. The minimum absolute atomic E-state index is 0.0353. The van der Waals surface area contributed by atoms with Crippen molar-refractivity contribution in [2.75, 3.05) is 6.54 Å². The van der Waals surface area contributed by atoms with E-state index in [0.29, 0.717) is 5.56 Å². The van der Waals surface area contributed by atoms with Crippen LogP contribution < -0.4 is 10.7 Å². The molecule has 0 unspecified atom stereocenters. The van der Waals surface area contributed by atoms with Gasteiger partial charge < -0.3 is 9.73 Å². The largest absolute Gasteiger partial charge is 0.459 e. The number of nitrogens with one attached hydrogen (secondary N) is 2. The zero-order chi connectivity index (χ0) is 16.7. The number of nitro benzene ring substituents is 1. The monoisotopic (exact) mass is 316 g/mol. The highest BCUT2D eigenvalue weighted by Gasteiger charge is 2.09. The summed E-state index contributed by atoms with van der Waals surface area (Å²) in [5, 5.41) is 16.5. The van der Waals surface area contributed by atoms with Crippen LogP contribution in [0.2, 0.25) is 0 Å². The van der Waals surface area contributed by atoms with E-state index in [1.54, 1.807) is 6.07 Å². The van der Waals surface area contributed by atoms with Gasteiger partial charge in [0.05, 0.1) is 23.9 Å². The molecule has 0 fully saturated rings. The standard InChI is InChI=1S/C14H12N4O5/c19-13(9-15-14(20)12-2-1-7-23-12)17-16-8-10-3-5-11(6-4-10)18(21)22/h1-8H,9H2,(H,15,20)(H,17,19)/b16-8+. The summed E-state index contributed by atoms with van der Waals surface area (Å²) in [6.45, 7) is -0.267. The predicted molar refractivity (Wildman–Crippen MR) is 79.9 cm³/mol. The first-order valence-corrected chi connectivity index (χ1v) is 6.44. The number of hydrazone groups is 1. The van der Waals surface area contributed by atoms with Crippen molar-refractivity contribution in [3.05, 3.63) is 64.1 Å². The summed E-state index contributed by atoms with van der Waals surface area (Å²) in [7, 11) is 0. The third-order valence-corrected chi connectivity index (χ3v) is 2.66. The van der Waals surface area contributed by atoms with Gasteiger partial charge in [-0.05, 0) is 29.8 Å². The maximum absolute atomic E-state index is 11.5. The van der Waals surface area contributed by atoms with Crippen molar-refractivity contribution in [2.24, 2.45) is 5.10 Å². The number of hydrogen-bond donors (Lipinski definition) is 2. The van der Waals surface area contributed by atoms with Crippen LogP contribution in [-0.4, -0.2) is 29.5 Å². The molecule has 23 heavy (non-hydrogen) atoms. The number of hydrogen-bond acceptors (Lipinski definition) is 6. The molecule has 118 valence electrons. The summed E-state index contributed by atoms with van der Waals surface area (Å²) in [5.41, 5.74) is 2.76. The number of furan rings is 1. The van der Waals surface area contributed by atoms with Crippen molar-refractivity contribution in [2.45, 2.75) is 0 Å². The van der Waals surface area contributed by atoms with Crippen LogP contribution in [0.15, 0.2) is 52.2 Å². The van der Waals surface area contributed by atoms with Gasteiger partial charge in [-0.3, -0.25) is 19.7 Å². The Kier molecular flexibility index (Phi) is 5.18. The van der Waals surface area contributed by atoms with E-state index in [1.807, 2.05) is 0 Å². The molecule has 0 radical (unpaired) electrons. The van der Waals surface area contributed by atoms with Crippen molar-refractivity contribution in [3.8, 4) is 0 Å². The molecule has 9 heteroatoms. The van der Waals surface area contributed by atoms with Crippen LogP contribution in [0, 0.1) is 10.1 Å². The number of rotatable bonds is 6. The summed E-state index contributed by atoms with van der Waals surface area (Å²) in [4.78, 5) is 33.0. The number of nitro groups is 1. The van der Waals surface area contributed by atoms with E-state index in [4.69, 9.17) is 4.42 Å². The summed E-state index contributed by atoms with van der Waals surface area (Å²) < 4.78 is 4.87. The Morgan fingerprint density at radius 3 is 2.61 bits per heavy atom. The third kappa shape index (κ3) is 4.77. The molecule has 2 amide bonds. The minimum Gasteiger partial charge on any atom is -0.459 e. The Balaban J connectivity index is 1.77. The van der Waals surface area contributed by atoms with Gasteiger partial charge in [-0.25, -0.2) is 5.43 Å². The van der Waals surface area contributed by atoms with Crippen LogP contribution in [0.25, 0.3) is 0 Å². The van der Waals surface area contributed by atoms with Gasteiger partial charge in [-0.15, -0.1) is 0 Å². The highest BCUT2D eigenvalue weighted by Crippen LogP contribution is 2.10. The predicted octanol–water partition coefficient (Wildman–Crippen LogP) is 1.07. The van der Waals surface area contributed by atoms with Crippen LogP contribution >= 0.6 is 0 Å². The molecule has 0 spiro atoms. The van der Waals surface area contributed by atoms with Gasteiger partial charge in [0.1, 0.15) is 0 Å². The Morgan fingerprint density at radius 1 is 1.26 bits per heavy atom. The summed E-state index contributed by atoms with van der Waals surface area (Å²) >= 11 is 0. The lowest BCUT2D eigenvalue weighted by molar-refractivity contribution is -0.384. The number of nitrogens with zero attached hydrogens (tertiary/aromatic N) is 2. The minimum atomic E-state index is -0.525. The van der Waals surface area contributed by atoms with E-state index in [1.165, 1.54) is 42.8 Å². The second-order valence-electron chi connectivity index (χ2n) is 4.30. The van der Waals surface area contributed by atoms with Gasteiger partial charge in [-0.2, -0.15) is 5.10 Å². The van der Waals surface area contributed by atoms with Crippen LogP contribution in [0.5, 0.6) is 0 Å². The lowest BCUT2D eigenvalue weighted by atomic mass is 10.2. The molecule has 9 nitrogen and oxygen atoms in total. The topological polar surface area (TPSA) is 127 Å². The van der Waals surface area contributed by atoms with E-state index in [-0.39, 0.29) is 18.0 Å². The smallest absolute Gasteiger partial charge is 0.287 e. The Morgan fingerprint density at radius 2 is 2.00 bits per heavy atom. The van der Waals surface area contributed by atoms with E-state index in [2.05, 4.69) is 15.8 Å². The first kappa shape index (κ1) is 15.9. The lowest BCUT2D eigenvalue weighted by Crippen LogP contribution is -2.34. The van der Waals surface area contributed by atoms with Crippen LogP contribution in [-0.2, 0) is 4.79 Å². The van der Waals surface area contributed by atoms with Gasteiger partial charge in [0, 0.05) is 12.1 Å². The van der Waals surface area contributed by atoms with Gasteiger partial charge in [-0.1, -0.05) is 0 Å². The summed E-state index contributed by atoms with van der Waals surface area (Å²) in [6, 6.07) is 8.67. The highest BCUT2D eigenvalue weighted by molar-refractivity contribution is 5.94. The van der Waals surface area contributed by atoms with Crippen molar-refractivity contribution >= 4 is 23.7 Å². The lowest BCUT2D eigenvalue weighted by Gasteiger charge is -2.01. The summed E-state index contributed by atoms with van der Waals surface area (Å²) in [5.74, 6) is -0.931. The Bertz CT molecular complexity index is 722. The molecule has 1 aromatic carbocycles. The van der Waals surface area contributed by atoms with E-state index >= 15 is 0 Å². The van der Waals surface area contributed by atoms with Gasteiger partial charge in [0.2, 0.25) is 0 Å². The fourth-order valence-electron chi connectivity index (χ4n) is 1.56. The molecule has 1 aromatic heterocycles. The first-order chi connectivity index (χ1) is 11.1. The molecule has 1 heterocycles. The van der Waals surface area contributed by atoms with Gasteiger partial charge in [0.15, 0.2) is 5.76 Å². The highest BCUT2D eigenvalue weighted by atomic mass is 16.6. The molecule has 0 aliphatic heterocycles. The molecule has 0 atom stereocenters. The molecule has 0 aliphatic rings.